The molecule has 0 aromatic heterocycles. The number of allylic oxidation sites excluding steroid dienone is 5. The van der Waals surface area contributed by atoms with E-state index in [1.54, 1.807) is 6.92 Å². The number of carbonyl (C=O) groups is 1. The Morgan fingerprint density at radius 1 is 1.21 bits per heavy atom. The lowest BCUT2D eigenvalue weighted by Gasteiger charge is -2.24. The standard InChI is InChI=1S/C25H42O4/c1-19(11-6-7-18-29-23-15-8-13-20(2)22(23)4)12-9-16-25(5,28)17-10-14-21(3)24(26)27/h7-8,13,15,18-22,28H,6,9-12,14,16-17H2,1-5H3,(H,26,27)/b18-7+. The van der Waals surface area contributed by atoms with Gasteiger partial charge in [-0.3, -0.25) is 4.79 Å². The highest BCUT2D eigenvalue weighted by molar-refractivity contribution is 5.69. The maximum Gasteiger partial charge on any atom is 0.306 e. The average Bonchev–Trinajstić information content (AvgIpc) is 2.64. The van der Waals surface area contributed by atoms with Crippen LogP contribution in [0.3, 0.4) is 0 Å². The molecule has 1 rings (SSSR count). The second-order valence-corrected chi connectivity index (χ2v) is 9.29. The lowest BCUT2D eigenvalue weighted by Crippen LogP contribution is -2.24. The first kappa shape index (κ1) is 25.5. The molecule has 5 atom stereocenters. The first-order valence-electron chi connectivity index (χ1n) is 11.3. The summed E-state index contributed by atoms with van der Waals surface area (Å²) in [6, 6.07) is 0. The Labute approximate surface area is 177 Å². The zero-order valence-corrected chi connectivity index (χ0v) is 19.1. The molecule has 4 heteroatoms. The van der Waals surface area contributed by atoms with E-state index >= 15 is 0 Å². The highest BCUT2D eigenvalue weighted by atomic mass is 16.5. The molecule has 2 N–H and O–H groups in total. The monoisotopic (exact) mass is 406 g/mol. The summed E-state index contributed by atoms with van der Waals surface area (Å²) >= 11 is 0. The summed E-state index contributed by atoms with van der Waals surface area (Å²) in [4.78, 5) is 10.9. The van der Waals surface area contributed by atoms with Gasteiger partial charge in [0.25, 0.3) is 0 Å². The van der Waals surface area contributed by atoms with E-state index in [1.807, 2.05) is 19.3 Å². The van der Waals surface area contributed by atoms with Crippen molar-refractivity contribution in [1.82, 2.24) is 0 Å². The Bertz CT molecular complexity index is 573. The van der Waals surface area contributed by atoms with Gasteiger partial charge in [0.1, 0.15) is 5.76 Å². The van der Waals surface area contributed by atoms with Gasteiger partial charge in [0.05, 0.1) is 17.8 Å². The van der Waals surface area contributed by atoms with E-state index in [0.29, 0.717) is 30.6 Å². The van der Waals surface area contributed by atoms with Gasteiger partial charge in [-0.15, -0.1) is 0 Å². The quantitative estimate of drug-likeness (QED) is 0.324. The average molecular weight is 407 g/mol. The lowest BCUT2D eigenvalue weighted by molar-refractivity contribution is -0.141. The first-order valence-corrected chi connectivity index (χ1v) is 11.3. The molecule has 0 heterocycles. The van der Waals surface area contributed by atoms with Crippen LogP contribution in [0.4, 0.5) is 0 Å². The molecule has 1 aliphatic rings. The summed E-state index contributed by atoms with van der Waals surface area (Å²) in [5.74, 6) is 1.49. The van der Waals surface area contributed by atoms with Crippen molar-refractivity contribution < 1.29 is 19.7 Å². The van der Waals surface area contributed by atoms with Crippen LogP contribution in [-0.4, -0.2) is 21.8 Å². The van der Waals surface area contributed by atoms with Gasteiger partial charge in [0.15, 0.2) is 0 Å². The smallest absolute Gasteiger partial charge is 0.306 e. The van der Waals surface area contributed by atoms with Crippen LogP contribution < -0.4 is 0 Å². The van der Waals surface area contributed by atoms with Gasteiger partial charge in [-0.1, -0.05) is 52.7 Å². The van der Waals surface area contributed by atoms with Crippen LogP contribution in [0.2, 0.25) is 0 Å². The maximum absolute atomic E-state index is 10.9. The molecule has 0 aliphatic heterocycles. The molecule has 0 fully saturated rings. The van der Waals surface area contributed by atoms with Crippen LogP contribution in [-0.2, 0) is 9.53 Å². The highest BCUT2D eigenvalue weighted by Crippen LogP contribution is 2.27. The van der Waals surface area contributed by atoms with Gasteiger partial charge in [-0.05, 0) is 69.4 Å². The Morgan fingerprint density at radius 3 is 2.52 bits per heavy atom. The second-order valence-electron chi connectivity index (χ2n) is 9.29. The normalized spacial score (nSPS) is 23.4. The molecule has 0 spiro atoms. The van der Waals surface area contributed by atoms with Crippen molar-refractivity contribution in [1.29, 1.82) is 0 Å². The van der Waals surface area contributed by atoms with Crippen LogP contribution in [0, 0.1) is 23.7 Å². The fourth-order valence-corrected chi connectivity index (χ4v) is 3.64. The van der Waals surface area contributed by atoms with Crippen LogP contribution in [0.15, 0.2) is 36.3 Å². The summed E-state index contributed by atoms with van der Waals surface area (Å²) < 4.78 is 5.80. The van der Waals surface area contributed by atoms with Gasteiger partial charge in [0, 0.05) is 5.92 Å². The summed E-state index contributed by atoms with van der Waals surface area (Å²) in [5.41, 5.74) is -0.693. The molecule has 4 nitrogen and oxygen atoms in total. The Balaban J connectivity index is 2.15. The Hall–Kier alpha value is -1.55. The highest BCUT2D eigenvalue weighted by Gasteiger charge is 2.21. The van der Waals surface area contributed by atoms with E-state index in [-0.39, 0.29) is 5.92 Å². The number of hydrogen-bond donors (Lipinski definition) is 2. The van der Waals surface area contributed by atoms with Crippen LogP contribution in [0.5, 0.6) is 0 Å². The van der Waals surface area contributed by atoms with Crippen LogP contribution in [0.25, 0.3) is 0 Å². The molecule has 0 radical (unpaired) electrons. The van der Waals surface area contributed by atoms with Gasteiger partial charge in [-0.25, -0.2) is 0 Å². The molecule has 5 unspecified atom stereocenters. The number of ether oxygens (including phenoxy) is 1. The minimum Gasteiger partial charge on any atom is -0.481 e. The summed E-state index contributed by atoms with van der Waals surface area (Å²) in [7, 11) is 0. The zero-order chi connectivity index (χ0) is 21.9. The van der Waals surface area contributed by atoms with E-state index in [2.05, 4.69) is 39.0 Å². The van der Waals surface area contributed by atoms with Gasteiger partial charge in [-0.2, -0.15) is 0 Å². The molecular weight excluding hydrogens is 364 g/mol. The van der Waals surface area contributed by atoms with Crippen LogP contribution in [0.1, 0.15) is 86.0 Å². The van der Waals surface area contributed by atoms with Gasteiger partial charge >= 0.3 is 5.97 Å². The molecule has 0 saturated heterocycles. The van der Waals surface area contributed by atoms with Crippen LogP contribution >= 0.6 is 0 Å². The zero-order valence-electron chi connectivity index (χ0n) is 19.1. The Kier molecular flexibility index (Phi) is 11.3. The number of aliphatic hydroxyl groups is 1. The Morgan fingerprint density at radius 2 is 1.86 bits per heavy atom. The fourth-order valence-electron chi connectivity index (χ4n) is 3.64. The van der Waals surface area contributed by atoms with E-state index < -0.39 is 11.6 Å². The topological polar surface area (TPSA) is 66.8 Å². The van der Waals surface area contributed by atoms with Crippen molar-refractivity contribution in [2.45, 2.75) is 91.6 Å². The van der Waals surface area contributed by atoms with E-state index in [9.17, 15) is 9.90 Å². The molecular formula is C25H42O4. The maximum atomic E-state index is 10.9. The molecule has 0 amide bonds. The number of rotatable bonds is 14. The molecule has 29 heavy (non-hydrogen) atoms. The van der Waals surface area contributed by atoms with Crippen molar-refractivity contribution in [3.05, 3.63) is 36.3 Å². The molecule has 0 saturated carbocycles. The molecule has 1 aliphatic carbocycles. The molecule has 0 aromatic rings. The van der Waals surface area contributed by atoms with Gasteiger partial charge in [0.2, 0.25) is 0 Å². The third-order valence-electron chi connectivity index (χ3n) is 6.23. The summed E-state index contributed by atoms with van der Waals surface area (Å²) in [6.45, 7) is 10.3. The van der Waals surface area contributed by atoms with Crippen molar-refractivity contribution in [2.24, 2.45) is 23.7 Å². The number of hydrogen-bond acceptors (Lipinski definition) is 3. The summed E-state index contributed by atoms with van der Waals surface area (Å²) in [6.07, 6.45) is 17.3. The van der Waals surface area contributed by atoms with Crippen molar-refractivity contribution in [2.75, 3.05) is 0 Å². The van der Waals surface area contributed by atoms with E-state index in [0.717, 1.165) is 44.3 Å². The fraction of sp³-hybridized carbons (Fsp3) is 0.720. The molecule has 0 bridgehead atoms. The third-order valence-corrected chi connectivity index (χ3v) is 6.23. The van der Waals surface area contributed by atoms with E-state index in [1.165, 1.54) is 0 Å². The number of aliphatic carboxylic acids is 1. The van der Waals surface area contributed by atoms with Crippen molar-refractivity contribution in [3.8, 4) is 0 Å². The second kappa shape index (κ2) is 12.9. The molecule has 0 aromatic carbocycles. The minimum absolute atomic E-state index is 0.333. The third kappa shape index (κ3) is 10.7. The minimum atomic E-state index is -0.755. The van der Waals surface area contributed by atoms with Gasteiger partial charge < -0.3 is 14.9 Å². The van der Waals surface area contributed by atoms with Crippen molar-refractivity contribution in [3.63, 3.8) is 0 Å². The number of carboxylic acid groups (broad SMARTS) is 1. The lowest BCUT2D eigenvalue weighted by atomic mass is 9.89. The SMILES string of the molecule is CC(CC/C=C/OC1=CC=CC(C)C1C)CCCC(C)(O)CCCC(C)C(=O)O. The largest absolute Gasteiger partial charge is 0.481 e. The first-order chi connectivity index (χ1) is 13.6. The number of carboxylic acids is 1. The van der Waals surface area contributed by atoms with Crippen molar-refractivity contribution >= 4 is 5.97 Å². The predicted octanol–water partition coefficient (Wildman–Crippen LogP) is 6.47. The van der Waals surface area contributed by atoms with E-state index in [4.69, 9.17) is 9.84 Å². The predicted molar refractivity (Wildman–Crippen MR) is 119 cm³/mol. The summed E-state index contributed by atoms with van der Waals surface area (Å²) in [5, 5.41) is 19.4. The molecule has 166 valence electrons.